The molecule has 0 atom stereocenters. The van der Waals surface area contributed by atoms with Crippen molar-refractivity contribution in [3.05, 3.63) is 23.8 Å². The molecule has 0 radical (unpaired) electrons. The van der Waals surface area contributed by atoms with Crippen LogP contribution in [0.25, 0.3) is 0 Å². The number of hydrogen-bond acceptors (Lipinski definition) is 4. The average Bonchev–Trinajstić information content (AvgIpc) is 3.23. The molecule has 1 heterocycles. The lowest BCUT2D eigenvalue weighted by atomic mass is 9.78. The van der Waals surface area contributed by atoms with E-state index in [2.05, 4.69) is 17.4 Å². The molecular weight excluding hydrogens is 368 g/mol. The van der Waals surface area contributed by atoms with Gasteiger partial charge in [0.25, 0.3) is 0 Å². The topological polar surface area (TPSA) is 67.9 Å². The number of carbonyl (C=O) groups is 2. The summed E-state index contributed by atoms with van der Waals surface area (Å²) < 4.78 is 11.4. The Labute approximate surface area is 173 Å². The van der Waals surface area contributed by atoms with Gasteiger partial charge in [-0.05, 0) is 50.8 Å². The number of amides is 2. The van der Waals surface area contributed by atoms with Crippen molar-refractivity contribution < 1.29 is 19.1 Å². The van der Waals surface area contributed by atoms with E-state index in [4.69, 9.17) is 9.47 Å². The summed E-state index contributed by atoms with van der Waals surface area (Å²) in [7, 11) is 0. The van der Waals surface area contributed by atoms with Gasteiger partial charge in [0.15, 0.2) is 11.5 Å². The molecule has 160 valence electrons. The number of benzene rings is 1. The van der Waals surface area contributed by atoms with E-state index in [0.29, 0.717) is 39.0 Å². The molecule has 0 bridgehead atoms. The smallest absolute Gasteiger partial charge is 0.222 e. The summed E-state index contributed by atoms with van der Waals surface area (Å²) in [5.74, 6) is 1.77. The molecule has 0 spiro atoms. The highest BCUT2D eigenvalue weighted by atomic mass is 16.6. The van der Waals surface area contributed by atoms with Gasteiger partial charge < -0.3 is 19.7 Å². The average molecular weight is 403 g/mol. The normalized spacial score (nSPS) is 17.0. The molecule has 1 aromatic carbocycles. The molecule has 0 saturated heterocycles. The number of ether oxygens (including phenoxy) is 2. The van der Waals surface area contributed by atoms with E-state index in [9.17, 15) is 9.59 Å². The van der Waals surface area contributed by atoms with Gasteiger partial charge in [-0.25, -0.2) is 0 Å². The molecule has 0 unspecified atom stereocenters. The predicted molar refractivity (Wildman–Crippen MR) is 112 cm³/mol. The number of nitrogens with one attached hydrogen (secondary N) is 1. The predicted octanol–water partition coefficient (Wildman–Crippen LogP) is 3.42. The molecule has 1 aliphatic carbocycles. The van der Waals surface area contributed by atoms with Crippen molar-refractivity contribution >= 4 is 11.8 Å². The van der Waals surface area contributed by atoms with Crippen LogP contribution in [0, 0.1) is 0 Å². The second-order valence-corrected chi connectivity index (χ2v) is 8.04. The third-order valence-electron chi connectivity index (χ3n) is 6.25. The van der Waals surface area contributed by atoms with Crippen LogP contribution in [0.15, 0.2) is 18.2 Å². The Morgan fingerprint density at radius 2 is 1.72 bits per heavy atom. The minimum Gasteiger partial charge on any atom is -0.486 e. The minimum absolute atomic E-state index is 0.0289. The van der Waals surface area contributed by atoms with E-state index in [-0.39, 0.29) is 17.2 Å². The Hall–Kier alpha value is -2.24. The molecule has 1 saturated carbocycles. The lowest BCUT2D eigenvalue weighted by Gasteiger charge is -2.31. The Balaban J connectivity index is 1.54. The van der Waals surface area contributed by atoms with Crippen molar-refractivity contribution in [1.82, 2.24) is 10.2 Å². The molecule has 2 amide bonds. The molecule has 1 N–H and O–H groups in total. The zero-order valence-corrected chi connectivity index (χ0v) is 17.8. The van der Waals surface area contributed by atoms with Crippen LogP contribution in [-0.4, -0.2) is 49.6 Å². The van der Waals surface area contributed by atoms with Crippen molar-refractivity contribution in [2.75, 3.05) is 32.8 Å². The van der Waals surface area contributed by atoms with Crippen molar-refractivity contribution in [2.24, 2.45) is 0 Å². The standard InChI is InChI=1S/C23H34N2O4/c1-3-25(4-2)22(27)9-7-8-21(26)24-17-23(12-5-6-13-23)18-10-11-19-20(16-18)29-15-14-28-19/h10-11,16H,3-9,12-15,17H2,1-2H3,(H,24,26). The van der Waals surface area contributed by atoms with E-state index in [1.165, 1.54) is 18.4 Å². The second-order valence-electron chi connectivity index (χ2n) is 8.04. The lowest BCUT2D eigenvalue weighted by molar-refractivity contribution is -0.131. The van der Waals surface area contributed by atoms with E-state index in [1.807, 2.05) is 24.8 Å². The SMILES string of the molecule is CCN(CC)C(=O)CCCC(=O)NCC1(c2ccc3c(c2)OCCO3)CCCC1. The van der Waals surface area contributed by atoms with Gasteiger partial charge in [0, 0.05) is 37.9 Å². The van der Waals surface area contributed by atoms with Crippen molar-refractivity contribution in [3.8, 4) is 11.5 Å². The second kappa shape index (κ2) is 9.99. The van der Waals surface area contributed by atoms with Crippen LogP contribution in [-0.2, 0) is 15.0 Å². The maximum Gasteiger partial charge on any atom is 0.222 e. The number of rotatable bonds is 9. The summed E-state index contributed by atoms with van der Waals surface area (Å²) in [5, 5.41) is 3.14. The van der Waals surface area contributed by atoms with Crippen LogP contribution in [0.1, 0.15) is 64.4 Å². The highest BCUT2D eigenvalue weighted by Gasteiger charge is 2.36. The minimum atomic E-state index is -0.0391. The number of carbonyl (C=O) groups excluding carboxylic acids is 2. The highest BCUT2D eigenvalue weighted by molar-refractivity contribution is 5.79. The summed E-state index contributed by atoms with van der Waals surface area (Å²) in [6.45, 7) is 7.20. The van der Waals surface area contributed by atoms with Crippen LogP contribution >= 0.6 is 0 Å². The fourth-order valence-corrected chi connectivity index (χ4v) is 4.48. The third kappa shape index (κ3) is 5.22. The van der Waals surface area contributed by atoms with Crippen molar-refractivity contribution in [3.63, 3.8) is 0 Å². The Kier molecular flexibility index (Phi) is 7.40. The maximum absolute atomic E-state index is 12.4. The molecular formula is C23H34N2O4. The van der Waals surface area contributed by atoms with E-state index in [1.54, 1.807) is 0 Å². The summed E-state index contributed by atoms with van der Waals surface area (Å²) >= 11 is 0. The maximum atomic E-state index is 12.4. The van der Waals surface area contributed by atoms with Crippen molar-refractivity contribution in [1.29, 1.82) is 0 Å². The molecule has 2 aliphatic rings. The lowest BCUT2D eigenvalue weighted by Crippen LogP contribution is -2.39. The van der Waals surface area contributed by atoms with Gasteiger partial charge >= 0.3 is 0 Å². The van der Waals surface area contributed by atoms with Gasteiger partial charge in [-0.15, -0.1) is 0 Å². The number of fused-ring (bicyclic) bond motifs is 1. The fourth-order valence-electron chi connectivity index (χ4n) is 4.48. The van der Waals surface area contributed by atoms with Crippen LogP contribution in [0.5, 0.6) is 11.5 Å². The third-order valence-corrected chi connectivity index (χ3v) is 6.25. The Morgan fingerprint density at radius 1 is 1.03 bits per heavy atom. The van der Waals surface area contributed by atoms with Gasteiger partial charge in [0.2, 0.25) is 11.8 Å². The van der Waals surface area contributed by atoms with Gasteiger partial charge in [-0.3, -0.25) is 9.59 Å². The van der Waals surface area contributed by atoms with Crippen molar-refractivity contribution in [2.45, 2.75) is 64.2 Å². The van der Waals surface area contributed by atoms with Gasteiger partial charge in [-0.2, -0.15) is 0 Å². The molecule has 6 nitrogen and oxygen atoms in total. The van der Waals surface area contributed by atoms with E-state index in [0.717, 1.165) is 37.4 Å². The van der Waals surface area contributed by atoms with Gasteiger partial charge in [-0.1, -0.05) is 18.9 Å². The first kappa shape index (κ1) is 21.5. The summed E-state index contributed by atoms with van der Waals surface area (Å²) in [4.78, 5) is 26.3. The molecule has 1 aromatic rings. The molecule has 3 rings (SSSR count). The zero-order chi connectivity index (χ0) is 20.7. The molecule has 0 aromatic heterocycles. The molecule has 29 heavy (non-hydrogen) atoms. The summed E-state index contributed by atoms with van der Waals surface area (Å²) in [5.41, 5.74) is 1.18. The van der Waals surface area contributed by atoms with Gasteiger partial charge in [0.1, 0.15) is 13.2 Å². The Bertz CT molecular complexity index is 709. The summed E-state index contributed by atoms with van der Waals surface area (Å²) in [6, 6.07) is 6.20. The Morgan fingerprint density at radius 3 is 2.41 bits per heavy atom. The van der Waals surface area contributed by atoms with Crippen LogP contribution in [0.2, 0.25) is 0 Å². The van der Waals surface area contributed by atoms with E-state index >= 15 is 0 Å². The largest absolute Gasteiger partial charge is 0.486 e. The molecule has 6 heteroatoms. The van der Waals surface area contributed by atoms with Crippen LogP contribution in [0.4, 0.5) is 0 Å². The zero-order valence-electron chi connectivity index (χ0n) is 17.8. The summed E-state index contributed by atoms with van der Waals surface area (Å²) in [6.07, 6.45) is 5.89. The number of nitrogens with zero attached hydrogens (tertiary/aromatic N) is 1. The monoisotopic (exact) mass is 402 g/mol. The van der Waals surface area contributed by atoms with Crippen LogP contribution in [0.3, 0.4) is 0 Å². The van der Waals surface area contributed by atoms with E-state index < -0.39 is 0 Å². The van der Waals surface area contributed by atoms with Gasteiger partial charge in [0.05, 0.1) is 0 Å². The first-order chi connectivity index (χ1) is 14.1. The molecule has 1 aliphatic heterocycles. The highest BCUT2D eigenvalue weighted by Crippen LogP contribution is 2.43. The number of hydrogen-bond donors (Lipinski definition) is 1. The quantitative estimate of drug-likeness (QED) is 0.687. The first-order valence-electron chi connectivity index (χ1n) is 11.0. The molecule has 1 fully saturated rings. The first-order valence-corrected chi connectivity index (χ1v) is 11.0. The van der Waals surface area contributed by atoms with Crippen LogP contribution < -0.4 is 14.8 Å². The fraction of sp³-hybridized carbons (Fsp3) is 0.652.